The second-order valence-corrected chi connectivity index (χ2v) is 5.06. The summed E-state index contributed by atoms with van der Waals surface area (Å²) < 4.78 is 0. The van der Waals surface area contributed by atoms with Crippen molar-refractivity contribution in [2.24, 2.45) is 16.3 Å². The van der Waals surface area contributed by atoms with E-state index in [4.69, 9.17) is 16.0 Å². The van der Waals surface area contributed by atoms with E-state index in [1.165, 1.54) is 0 Å². The second-order valence-electron chi connectivity index (χ2n) is 5.06. The Morgan fingerprint density at radius 1 is 1.50 bits per heavy atom. The Bertz CT molecular complexity index is 250. The number of oxime groups is 1. The number of hydrogen-bond acceptors (Lipinski definition) is 4. The van der Waals surface area contributed by atoms with E-state index in [2.05, 4.69) is 23.9 Å². The van der Waals surface area contributed by atoms with Gasteiger partial charge in [-0.1, -0.05) is 5.16 Å². The minimum absolute atomic E-state index is 0.176. The molecule has 0 bridgehead atoms. The van der Waals surface area contributed by atoms with Crippen LogP contribution in [-0.4, -0.2) is 46.8 Å². The number of aliphatic hydroxyl groups excluding tert-OH is 1. The zero-order valence-corrected chi connectivity index (χ0v) is 10.2. The summed E-state index contributed by atoms with van der Waals surface area (Å²) in [6, 6.07) is 0.414. The number of nitrogens with zero attached hydrogens (tertiary/aromatic N) is 2. The Hall–Kier alpha value is -0.810. The first-order valence-corrected chi connectivity index (χ1v) is 5.84. The molecule has 0 spiro atoms. The van der Waals surface area contributed by atoms with Crippen molar-refractivity contribution in [3.63, 3.8) is 0 Å². The maximum absolute atomic E-state index is 9.00. The van der Waals surface area contributed by atoms with Crippen LogP contribution in [0.25, 0.3) is 0 Å². The first kappa shape index (κ1) is 13.3. The average Bonchev–Trinajstić information content (AvgIpc) is 2.97. The smallest absolute Gasteiger partial charge is 0.139 e. The van der Waals surface area contributed by atoms with Crippen LogP contribution in [-0.2, 0) is 0 Å². The van der Waals surface area contributed by atoms with Gasteiger partial charge in [0.2, 0.25) is 0 Å². The molecule has 1 fully saturated rings. The minimum atomic E-state index is 0.176. The molecule has 16 heavy (non-hydrogen) atoms. The van der Waals surface area contributed by atoms with Crippen molar-refractivity contribution < 1.29 is 10.3 Å². The predicted molar refractivity (Wildman–Crippen MR) is 63.5 cm³/mol. The largest absolute Gasteiger partial charge is 0.409 e. The Labute approximate surface area is 96.9 Å². The van der Waals surface area contributed by atoms with Gasteiger partial charge >= 0.3 is 0 Å². The molecule has 0 aliphatic heterocycles. The summed E-state index contributed by atoms with van der Waals surface area (Å²) in [6.07, 6.45) is 2.90. The summed E-state index contributed by atoms with van der Waals surface area (Å²) >= 11 is 0. The van der Waals surface area contributed by atoms with Crippen LogP contribution in [0.2, 0.25) is 0 Å². The normalized spacial score (nSPS) is 19.4. The van der Waals surface area contributed by atoms with E-state index in [1.54, 1.807) is 0 Å². The molecule has 5 nitrogen and oxygen atoms in total. The van der Waals surface area contributed by atoms with Crippen LogP contribution in [0.3, 0.4) is 0 Å². The van der Waals surface area contributed by atoms with Crippen molar-refractivity contribution in [1.29, 1.82) is 0 Å². The Morgan fingerprint density at radius 2 is 2.12 bits per heavy atom. The van der Waals surface area contributed by atoms with Gasteiger partial charge in [-0.3, -0.25) is 4.90 Å². The van der Waals surface area contributed by atoms with Crippen LogP contribution in [0, 0.1) is 5.41 Å². The number of aliphatic hydroxyl groups is 1. The standard InChI is InChI=1S/C11H23N3O2/c1-9(2)14(5-6-15)8-11(3-4-11)7-10(12)13-16/h9,15-16H,3-8H2,1-2H3,(H2,12,13). The third-order valence-corrected chi connectivity index (χ3v) is 3.30. The molecule has 0 atom stereocenters. The summed E-state index contributed by atoms with van der Waals surface area (Å²) in [6.45, 7) is 6.03. The van der Waals surface area contributed by atoms with E-state index in [-0.39, 0.29) is 12.0 Å². The summed E-state index contributed by atoms with van der Waals surface area (Å²) in [5.41, 5.74) is 5.73. The lowest BCUT2D eigenvalue weighted by Gasteiger charge is -2.30. The van der Waals surface area contributed by atoms with Gasteiger partial charge in [0.1, 0.15) is 5.84 Å². The van der Waals surface area contributed by atoms with Gasteiger partial charge in [0.15, 0.2) is 0 Å². The van der Waals surface area contributed by atoms with E-state index in [0.29, 0.717) is 24.8 Å². The number of rotatable bonds is 7. The lowest BCUT2D eigenvalue weighted by atomic mass is 10.0. The van der Waals surface area contributed by atoms with Crippen molar-refractivity contribution in [3.8, 4) is 0 Å². The number of hydrogen-bond donors (Lipinski definition) is 3. The highest BCUT2D eigenvalue weighted by Crippen LogP contribution is 2.49. The van der Waals surface area contributed by atoms with Crippen LogP contribution < -0.4 is 5.73 Å². The van der Waals surface area contributed by atoms with E-state index in [9.17, 15) is 0 Å². The monoisotopic (exact) mass is 229 g/mol. The molecular formula is C11H23N3O2. The molecule has 4 N–H and O–H groups in total. The van der Waals surface area contributed by atoms with Crippen molar-refractivity contribution in [1.82, 2.24) is 4.90 Å². The molecule has 1 rings (SSSR count). The van der Waals surface area contributed by atoms with Crippen LogP contribution in [0.1, 0.15) is 33.1 Å². The fourth-order valence-electron chi connectivity index (χ4n) is 2.07. The highest BCUT2D eigenvalue weighted by Gasteiger charge is 2.44. The molecule has 0 heterocycles. The zero-order valence-electron chi connectivity index (χ0n) is 10.2. The van der Waals surface area contributed by atoms with Crippen molar-refractivity contribution in [3.05, 3.63) is 0 Å². The molecule has 0 amide bonds. The van der Waals surface area contributed by atoms with Crippen molar-refractivity contribution in [2.75, 3.05) is 19.7 Å². The molecule has 0 aromatic heterocycles. The summed E-state index contributed by atoms with van der Waals surface area (Å²) in [7, 11) is 0. The number of nitrogens with two attached hydrogens (primary N) is 1. The van der Waals surface area contributed by atoms with Crippen molar-refractivity contribution >= 4 is 5.84 Å². The maximum Gasteiger partial charge on any atom is 0.139 e. The van der Waals surface area contributed by atoms with Gasteiger partial charge in [-0.2, -0.15) is 0 Å². The summed E-state index contributed by atoms with van der Waals surface area (Å²) in [4.78, 5) is 2.25. The molecule has 1 aliphatic rings. The molecule has 0 aromatic rings. The second kappa shape index (κ2) is 5.50. The molecule has 5 heteroatoms. The van der Waals surface area contributed by atoms with Gasteiger partial charge in [-0.05, 0) is 32.1 Å². The van der Waals surface area contributed by atoms with Crippen LogP contribution >= 0.6 is 0 Å². The van der Waals surface area contributed by atoms with Gasteiger partial charge in [-0.15, -0.1) is 0 Å². The molecule has 1 aliphatic carbocycles. The van der Waals surface area contributed by atoms with Gasteiger partial charge in [0, 0.05) is 25.6 Å². The number of amidine groups is 1. The molecule has 0 saturated heterocycles. The minimum Gasteiger partial charge on any atom is -0.409 e. The molecule has 1 saturated carbocycles. The van der Waals surface area contributed by atoms with Gasteiger partial charge < -0.3 is 16.0 Å². The highest BCUT2D eigenvalue weighted by atomic mass is 16.4. The van der Waals surface area contributed by atoms with Crippen LogP contribution in [0.4, 0.5) is 0 Å². The van der Waals surface area contributed by atoms with E-state index in [0.717, 1.165) is 19.4 Å². The van der Waals surface area contributed by atoms with Gasteiger partial charge in [-0.25, -0.2) is 0 Å². The first-order chi connectivity index (χ1) is 7.53. The Kier molecular flexibility index (Phi) is 4.56. The lowest BCUT2D eigenvalue weighted by molar-refractivity contribution is 0.139. The van der Waals surface area contributed by atoms with Gasteiger partial charge in [0.05, 0.1) is 6.61 Å². The molecule has 0 radical (unpaired) electrons. The summed E-state index contributed by atoms with van der Waals surface area (Å²) in [5.74, 6) is 0.310. The van der Waals surface area contributed by atoms with Crippen molar-refractivity contribution in [2.45, 2.75) is 39.2 Å². The molecule has 0 unspecified atom stereocenters. The van der Waals surface area contributed by atoms with E-state index in [1.807, 2.05) is 0 Å². The summed E-state index contributed by atoms with van der Waals surface area (Å²) in [5, 5.41) is 20.6. The Balaban J connectivity index is 2.50. The molecule has 94 valence electrons. The van der Waals surface area contributed by atoms with Crippen LogP contribution in [0.15, 0.2) is 5.16 Å². The first-order valence-electron chi connectivity index (χ1n) is 5.84. The molecule has 0 aromatic carbocycles. The third-order valence-electron chi connectivity index (χ3n) is 3.30. The predicted octanol–water partition coefficient (Wildman–Crippen LogP) is 0.606. The Morgan fingerprint density at radius 3 is 2.50 bits per heavy atom. The zero-order chi connectivity index (χ0) is 12.2. The van der Waals surface area contributed by atoms with Gasteiger partial charge in [0.25, 0.3) is 0 Å². The van der Waals surface area contributed by atoms with E-state index >= 15 is 0 Å². The van der Waals surface area contributed by atoms with Crippen LogP contribution in [0.5, 0.6) is 0 Å². The average molecular weight is 229 g/mol. The maximum atomic E-state index is 9.00. The third kappa shape index (κ3) is 3.64. The SMILES string of the molecule is CC(C)N(CCO)CC1(CC(N)=NO)CC1. The lowest BCUT2D eigenvalue weighted by Crippen LogP contribution is -2.39. The molecular weight excluding hydrogens is 206 g/mol. The quantitative estimate of drug-likeness (QED) is 0.258. The fraction of sp³-hybridized carbons (Fsp3) is 0.909. The highest BCUT2D eigenvalue weighted by molar-refractivity contribution is 5.80. The fourth-order valence-corrected chi connectivity index (χ4v) is 2.07. The van der Waals surface area contributed by atoms with E-state index < -0.39 is 0 Å². The topological polar surface area (TPSA) is 82.1 Å².